The van der Waals surface area contributed by atoms with E-state index in [1.807, 2.05) is 6.08 Å². The van der Waals surface area contributed by atoms with Gasteiger partial charge in [0.05, 0.1) is 13.0 Å². The lowest BCUT2D eigenvalue weighted by molar-refractivity contribution is -0.150. The van der Waals surface area contributed by atoms with Gasteiger partial charge in [0.2, 0.25) is 0 Å². The minimum atomic E-state index is -0.0825. The second kappa shape index (κ2) is 7.71. The molecule has 1 aromatic carbocycles. The molecule has 0 spiro atoms. The summed E-state index contributed by atoms with van der Waals surface area (Å²) in [4.78, 5) is 15.1. The first-order chi connectivity index (χ1) is 11.7. The van der Waals surface area contributed by atoms with Crippen LogP contribution in [0.2, 0.25) is 0 Å². The van der Waals surface area contributed by atoms with Crippen LogP contribution in [0.25, 0.3) is 0 Å². The number of ether oxygens (including phenoxy) is 1. The van der Waals surface area contributed by atoms with E-state index in [0.29, 0.717) is 11.9 Å². The lowest BCUT2D eigenvalue weighted by atomic mass is 9.76. The number of halogens is 1. The quantitative estimate of drug-likeness (QED) is 0.459. The summed E-state index contributed by atoms with van der Waals surface area (Å²) in [5.74, 6) is 0.636. The number of fused-ring (bicyclic) bond motifs is 2. The number of esters is 1. The van der Waals surface area contributed by atoms with Crippen molar-refractivity contribution in [2.24, 2.45) is 5.92 Å². The molecular formula is C20H26ClNO2. The highest BCUT2D eigenvalue weighted by atomic mass is 35.5. The Kier molecular flexibility index (Phi) is 5.62. The van der Waals surface area contributed by atoms with Gasteiger partial charge in [-0.3, -0.25) is 9.69 Å². The van der Waals surface area contributed by atoms with E-state index in [9.17, 15) is 4.79 Å². The highest BCUT2D eigenvalue weighted by Crippen LogP contribution is 2.47. The molecule has 2 saturated heterocycles. The molecule has 3 nitrogen and oxygen atoms in total. The van der Waals surface area contributed by atoms with Crippen molar-refractivity contribution in [3.05, 3.63) is 47.5 Å². The van der Waals surface area contributed by atoms with Gasteiger partial charge in [-0.2, -0.15) is 0 Å². The van der Waals surface area contributed by atoms with Gasteiger partial charge in [0.25, 0.3) is 0 Å². The monoisotopic (exact) mass is 347 g/mol. The molecule has 4 atom stereocenters. The number of carbonyl (C=O) groups is 1. The SMILES string of the molecule is COC(=O)[C@@H]1C2CCC(C[C@@H]1c1ccc(C)cc1)N2CC=CCCl. The predicted molar refractivity (Wildman–Crippen MR) is 97.4 cm³/mol. The number of alkyl halides is 1. The topological polar surface area (TPSA) is 29.5 Å². The summed E-state index contributed by atoms with van der Waals surface area (Å²) in [5.41, 5.74) is 2.52. The average molecular weight is 348 g/mol. The van der Waals surface area contributed by atoms with Crippen molar-refractivity contribution < 1.29 is 9.53 Å². The number of carbonyl (C=O) groups excluding carboxylic acids is 1. The molecule has 130 valence electrons. The van der Waals surface area contributed by atoms with E-state index in [4.69, 9.17) is 16.3 Å². The maximum Gasteiger partial charge on any atom is 0.310 e. The van der Waals surface area contributed by atoms with Crippen LogP contribution in [0.1, 0.15) is 36.3 Å². The number of aryl methyl sites for hydroxylation is 1. The van der Waals surface area contributed by atoms with Gasteiger partial charge < -0.3 is 4.74 Å². The van der Waals surface area contributed by atoms with Crippen molar-refractivity contribution in [2.75, 3.05) is 19.5 Å². The lowest BCUT2D eigenvalue weighted by Gasteiger charge is -2.43. The van der Waals surface area contributed by atoms with Gasteiger partial charge in [0.15, 0.2) is 0 Å². The molecule has 2 unspecified atom stereocenters. The number of piperidine rings is 1. The minimum absolute atomic E-state index is 0.0720. The van der Waals surface area contributed by atoms with Crippen LogP contribution < -0.4 is 0 Å². The van der Waals surface area contributed by atoms with Crippen LogP contribution >= 0.6 is 11.6 Å². The second-order valence-electron chi connectivity index (χ2n) is 6.92. The number of benzene rings is 1. The Morgan fingerprint density at radius 1 is 1.29 bits per heavy atom. The summed E-state index contributed by atoms with van der Waals surface area (Å²) in [6, 6.07) is 9.45. The Bertz CT molecular complexity index is 598. The van der Waals surface area contributed by atoms with E-state index in [1.54, 1.807) is 0 Å². The van der Waals surface area contributed by atoms with Crippen LogP contribution in [-0.2, 0) is 9.53 Å². The predicted octanol–water partition coefficient (Wildman–Crippen LogP) is 3.90. The first-order valence-corrected chi connectivity index (χ1v) is 9.30. The molecule has 4 heteroatoms. The van der Waals surface area contributed by atoms with E-state index < -0.39 is 0 Å². The number of nitrogens with zero attached hydrogens (tertiary/aromatic N) is 1. The Morgan fingerprint density at radius 3 is 2.71 bits per heavy atom. The van der Waals surface area contributed by atoms with Crippen molar-refractivity contribution in [2.45, 2.75) is 44.2 Å². The van der Waals surface area contributed by atoms with Crippen LogP contribution in [0, 0.1) is 12.8 Å². The van der Waals surface area contributed by atoms with Gasteiger partial charge in [-0.1, -0.05) is 42.0 Å². The fraction of sp³-hybridized carbons (Fsp3) is 0.550. The number of hydrogen-bond acceptors (Lipinski definition) is 3. The van der Waals surface area contributed by atoms with E-state index in [-0.39, 0.29) is 23.8 Å². The number of allylic oxidation sites excluding steroid dienone is 1. The van der Waals surface area contributed by atoms with Crippen LogP contribution in [0.15, 0.2) is 36.4 Å². The first-order valence-electron chi connectivity index (χ1n) is 8.76. The number of hydrogen-bond donors (Lipinski definition) is 0. The van der Waals surface area contributed by atoms with E-state index in [1.165, 1.54) is 18.2 Å². The van der Waals surface area contributed by atoms with Crippen LogP contribution in [0.5, 0.6) is 0 Å². The van der Waals surface area contributed by atoms with Gasteiger partial charge in [-0.25, -0.2) is 0 Å². The third-order valence-corrected chi connectivity index (χ3v) is 5.79. The molecule has 0 aliphatic carbocycles. The molecule has 2 fully saturated rings. The second-order valence-corrected chi connectivity index (χ2v) is 7.23. The molecule has 0 radical (unpaired) electrons. The third kappa shape index (κ3) is 3.38. The molecule has 0 N–H and O–H groups in total. The van der Waals surface area contributed by atoms with Gasteiger partial charge in [-0.15, -0.1) is 11.6 Å². The summed E-state index contributed by atoms with van der Waals surface area (Å²) in [6.45, 7) is 2.97. The summed E-state index contributed by atoms with van der Waals surface area (Å²) in [5, 5.41) is 0. The number of rotatable bonds is 5. The van der Waals surface area contributed by atoms with Crippen molar-refractivity contribution in [3.63, 3.8) is 0 Å². The molecule has 2 aliphatic heterocycles. The third-order valence-electron chi connectivity index (χ3n) is 5.62. The number of methoxy groups -OCH3 is 1. The maximum atomic E-state index is 12.6. The van der Waals surface area contributed by atoms with Crippen molar-refractivity contribution >= 4 is 17.6 Å². The summed E-state index contributed by atoms with van der Waals surface area (Å²) >= 11 is 5.75. The molecule has 0 amide bonds. The Morgan fingerprint density at radius 2 is 2.04 bits per heavy atom. The van der Waals surface area contributed by atoms with Crippen LogP contribution in [0.3, 0.4) is 0 Å². The summed E-state index contributed by atoms with van der Waals surface area (Å²) < 4.78 is 5.19. The molecule has 24 heavy (non-hydrogen) atoms. The maximum absolute atomic E-state index is 12.6. The minimum Gasteiger partial charge on any atom is -0.469 e. The molecule has 1 aromatic rings. The summed E-state index contributed by atoms with van der Waals surface area (Å²) in [6.07, 6.45) is 7.36. The van der Waals surface area contributed by atoms with Crippen LogP contribution in [-0.4, -0.2) is 42.5 Å². The van der Waals surface area contributed by atoms with Crippen molar-refractivity contribution in [1.29, 1.82) is 0 Å². The Labute approximate surface area is 149 Å². The van der Waals surface area contributed by atoms with Gasteiger partial charge in [0.1, 0.15) is 0 Å². The Hall–Kier alpha value is -1.32. The normalized spacial score (nSPS) is 30.0. The van der Waals surface area contributed by atoms with E-state index in [0.717, 1.165) is 25.8 Å². The molecule has 0 saturated carbocycles. The molecule has 2 bridgehead atoms. The molecule has 2 heterocycles. The standard InChI is InChI=1S/C20H26ClNO2/c1-14-5-7-15(8-6-14)17-13-16-9-10-18(19(17)20(23)24-2)22(16)12-4-3-11-21/h3-8,16-19H,9-13H2,1-2H3/t16?,17-,18?,19+/m1/s1. The zero-order valence-electron chi connectivity index (χ0n) is 14.5. The lowest BCUT2D eigenvalue weighted by Crippen LogP contribution is -2.50. The smallest absolute Gasteiger partial charge is 0.310 e. The molecule has 3 rings (SSSR count). The van der Waals surface area contributed by atoms with E-state index in [2.05, 4.69) is 42.2 Å². The zero-order valence-corrected chi connectivity index (χ0v) is 15.2. The zero-order chi connectivity index (χ0) is 17.1. The molecule has 0 aromatic heterocycles. The van der Waals surface area contributed by atoms with Crippen LogP contribution in [0.4, 0.5) is 0 Å². The highest BCUT2D eigenvalue weighted by Gasteiger charge is 2.50. The fourth-order valence-corrected chi connectivity index (χ4v) is 4.60. The highest BCUT2D eigenvalue weighted by molar-refractivity contribution is 6.18. The fourth-order valence-electron chi connectivity index (χ4n) is 4.47. The average Bonchev–Trinajstić information content (AvgIpc) is 2.87. The Balaban J connectivity index is 1.87. The largest absolute Gasteiger partial charge is 0.469 e. The van der Waals surface area contributed by atoms with Crippen molar-refractivity contribution in [1.82, 2.24) is 4.90 Å². The molecular weight excluding hydrogens is 322 g/mol. The summed E-state index contributed by atoms with van der Waals surface area (Å²) in [7, 11) is 1.51. The van der Waals surface area contributed by atoms with Gasteiger partial charge >= 0.3 is 5.97 Å². The van der Waals surface area contributed by atoms with E-state index >= 15 is 0 Å². The van der Waals surface area contributed by atoms with Crippen molar-refractivity contribution in [3.8, 4) is 0 Å². The van der Waals surface area contributed by atoms with Gasteiger partial charge in [0, 0.05) is 30.4 Å². The molecule has 2 aliphatic rings. The van der Waals surface area contributed by atoms with Gasteiger partial charge in [-0.05, 0) is 31.7 Å². The first kappa shape index (κ1) is 17.5.